The molecular weight excluding hydrogens is 428 g/mol. The summed E-state index contributed by atoms with van der Waals surface area (Å²) in [6, 6.07) is 24.7. The fraction of sp³-hybridized carbons (Fsp3) is 0.222. The molecule has 172 valence electrons. The zero-order valence-electron chi connectivity index (χ0n) is 19.0. The van der Waals surface area contributed by atoms with Crippen LogP contribution in [0.5, 0.6) is 5.75 Å². The summed E-state index contributed by atoms with van der Waals surface area (Å²) in [5.74, 6) is 1.06. The Balaban J connectivity index is 1.35. The Hall–Kier alpha value is -4.13. The van der Waals surface area contributed by atoms with Crippen LogP contribution in [0.1, 0.15) is 23.6 Å². The lowest BCUT2D eigenvalue weighted by Crippen LogP contribution is -2.33. The lowest BCUT2D eigenvalue weighted by molar-refractivity contribution is -0.127. The summed E-state index contributed by atoms with van der Waals surface area (Å²) in [6.45, 7) is 0.898. The zero-order chi connectivity index (χ0) is 23.5. The standard InChI is InChI=1S/C27H26N4O3/c1-34-21-13-11-20(12-14-21)18-30-26(33)24(31-23-10-6-5-9-22(23)29-27(30)31)17-25(32)28-16-15-19-7-3-2-4-8-19/h2-14,24H,15-18H2,1H3,(H,28,32). The first-order valence-corrected chi connectivity index (χ1v) is 11.4. The van der Waals surface area contributed by atoms with Gasteiger partial charge in [0, 0.05) is 6.54 Å². The Morgan fingerprint density at radius 2 is 1.71 bits per heavy atom. The van der Waals surface area contributed by atoms with Gasteiger partial charge in [0.1, 0.15) is 11.8 Å². The summed E-state index contributed by atoms with van der Waals surface area (Å²) in [7, 11) is 1.62. The first-order valence-electron chi connectivity index (χ1n) is 11.4. The van der Waals surface area contributed by atoms with Gasteiger partial charge in [-0.1, -0.05) is 54.6 Å². The number of rotatable bonds is 8. The Morgan fingerprint density at radius 1 is 0.971 bits per heavy atom. The van der Waals surface area contributed by atoms with Gasteiger partial charge in [-0.15, -0.1) is 0 Å². The first kappa shape index (κ1) is 21.7. The molecule has 3 aromatic carbocycles. The minimum Gasteiger partial charge on any atom is -0.497 e. The van der Waals surface area contributed by atoms with Crippen molar-refractivity contribution in [3.8, 4) is 5.75 Å². The van der Waals surface area contributed by atoms with Crippen LogP contribution < -0.4 is 15.0 Å². The third-order valence-corrected chi connectivity index (χ3v) is 6.14. The molecular formula is C27H26N4O3. The summed E-state index contributed by atoms with van der Waals surface area (Å²) in [5, 5.41) is 2.97. The minimum atomic E-state index is -0.627. The number of fused-ring (bicyclic) bond motifs is 3. The van der Waals surface area contributed by atoms with E-state index in [4.69, 9.17) is 9.72 Å². The van der Waals surface area contributed by atoms with Crippen LogP contribution >= 0.6 is 0 Å². The molecule has 2 amide bonds. The molecule has 0 fully saturated rings. The van der Waals surface area contributed by atoms with E-state index in [0.717, 1.165) is 34.3 Å². The maximum atomic E-state index is 13.5. The number of anilines is 1. The van der Waals surface area contributed by atoms with Crippen molar-refractivity contribution in [2.75, 3.05) is 18.6 Å². The third kappa shape index (κ3) is 4.24. The van der Waals surface area contributed by atoms with Gasteiger partial charge in [0.05, 0.1) is 31.1 Å². The molecule has 0 spiro atoms. The predicted octanol–water partition coefficient (Wildman–Crippen LogP) is 3.88. The molecule has 2 heterocycles. The normalized spacial score (nSPS) is 14.9. The van der Waals surface area contributed by atoms with Gasteiger partial charge in [-0.3, -0.25) is 19.1 Å². The van der Waals surface area contributed by atoms with E-state index in [9.17, 15) is 9.59 Å². The van der Waals surface area contributed by atoms with Gasteiger partial charge in [-0.2, -0.15) is 0 Å². The van der Waals surface area contributed by atoms with Crippen molar-refractivity contribution in [3.05, 3.63) is 90.0 Å². The Bertz CT molecular complexity index is 1310. The molecule has 34 heavy (non-hydrogen) atoms. The number of nitrogens with one attached hydrogen (secondary N) is 1. The highest BCUT2D eigenvalue weighted by Gasteiger charge is 2.40. The van der Waals surface area contributed by atoms with Crippen molar-refractivity contribution in [2.45, 2.75) is 25.4 Å². The molecule has 5 rings (SSSR count). The Kier molecular flexibility index (Phi) is 5.99. The Morgan fingerprint density at radius 3 is 2.47 bits per heavy atom. The van der Waals surface area contributed by atoms with Gasteiger partial charge in [0.2, 0.25) is 11.9 Å². The lowest BCUT2D eigenvalue weighted by atomic mass is 10.1. The fourth-order valence-corrected chi connectivity index (χ4v) is 4.40. The fourth-order valence-electron chi connectivity index (χ4n) is 4.40. The number of carbonyl (C=O) groups is 2. The van der Waals surface area contributed by atoms with Gasteiger partial charge < -0.3 is 10.1 Å². The molecule has 1 N–H and O–H groups in total. The van der Waals surface area contributed by atoms with Crippen LogP contribution in [0.4, 0.5) is 5.95 Å². The molecule has 4 aromatic rings. The molecule has 1 aliphatic heterocycles. The van der Waals surface area contributed by atoms with E-state index >= 15 is 0 Å². The lowest BCUT2D eigenvalue weighted by Gasteiger charge is -2.16. The zero-order valence-corrected chi connectivity index (χ0v) is 19.0. The second kappa shape index (κ2) is 9.39. The van der Waals surface area contributed by atoms with E-state index in [1.165, 1.54) is 0 Å². The number of hydrogen-bond donors (Lipinski definition) is 1. The van der Waals surface area contributed by atoms with Crippen molar-refractivity contribution in [3.63, 3.8) is 0 Å². The van der Waals surface area contributed by atoms with Gasteiger partial charge in [0.25, 0.3) is 5.91 Å². The van der Waals surface area contributed by atoms with Crippen LogP contribution in [0.2, 0.25) is 0 Å². The second-order valence-corrected chi connectivity index (χ2v) is 8.35. The summed E-state index contributed by atoms with van der Waals surface area (Å²) in [6.07, 6.45) is 0.814. The van der Waals surface area contributed by atoms with E-state index < -0.39 is 6.04 Å². The number of carbonyl (C=O) groups excluding carboxylic acids is 2. The van der Waals surface area contributed by atoms with E-state index in [2.05, 4.69) is 5.32 Å². The minimum absolute atomic E-state index is 0.0695. The van der Waals surface area contributed by atoms with Crippen LogP contribution in [0, 0.1) is 0 Å². The van der Waals surface area contributed by atoms with E-state index in [-0.39, 0.29) is 18.2 Å². The largest absolute Gasteiger partial charge is 0.497 e. The summed E-state index contributed by atoms with van der Waals surface area (Å²) in [5.41, 5.74) is 3.78. The van der Waals surface area contributed by atoms with E-state index in [1.54, 1.807) is 12.0 Å². The molecule has 0 radical (unpaired) electrons. The number of imidazole rings is 1. The number of aromatic nitrogens is 2. The topological polar surface area (TPSA) is 76.5 Å². The molecule has 7 heteroatoms. The average molecular weight is 455 g/mol. The molecule has 1 aliphatic rings. The van der Waals surface area contributed by atoms with Gasteiger partial charge >= 0.3 is 0 Å². The summed E-state index contributed by atoms with van der Waals surface area (Å²) in [4.78, 5) is 32.7. The molecule has 0 bridgehead atoms. The van der Waals surface area contributed by atoms with Crippen molar-refractivity contribution in [2.24, 2.45) is 0 Å². The van der Waals surface area contributed by atoms with Crippen molar-refractivity contribution in [1.82, 2.24) is 14.9 Å². The first-order chi connectivity index (χ1) is 16.6. The maximum Gasteiger partial charge on any atom is 0.253 e. The van der Waals surface area contributed by atoms with Crippen LogP contribution in [0.3, 0.4) is 0 Å². The highest BCUT2D eigenvalue weighted by atomic mass is 16.5. The number of amides is 2. The molecule has 0 saturated carbocycles. The van der Waals surface area contributed by atoms with Crippen LogP contribution in [0.15, 0.2) is 78.9 Å². The summed E-state index contributed by atoms with van der Waals surface area (Å²) < 4.78 is 7.14. The SMILES string of the molecule is COc1ccc(CN2C(=O)C(CC(=O)NCCc3ccccc3)n3c2nc2ccccc23)cc1. The molecule has 1 atom stereocenters. The van der Waals surface area contributed by atoms with Crippen molar-refractivity contribution in [1.29, 1.82) is 0 Å². The third-order valence-electron chi connectivity index (χ3n) is 6.14. The van der Waals surface area contributed by atoms with Crippen molar-refractivity contribution >= 4 is 28.8 Å². The Labute approximate surface area is 198 Å². The number of nitrogens with zero attached hydrogens (tertiary/aromatic N) is 3. The molecule has 1 unspecified atom stereocenters. The molecule has 0 aliphatic carbocycles. The highest BCUT2D eigenvalue weighted by molar-refractivity contribution is 6.03. The van der Waals surface area contributed by atoms with Gasteiger partial charge in [0.15, 0.2) is 0 Å². The van der Waals surface area contributed by atoms with Crippen LogP contribution in [0.25, 0.3) is 11.0 Å². The average Bonchev–Trinajstić information content (AvgIpc) is 3.36. The number of hydrogen-bond acceptors (Lipinski definition) is 4. The van der Waals surface area contributed by atoms with Gasteiger partial charge in [-0.05, 0) is 41.8 Å². The quantitative estimate of drug-likeness (QED) is 0.438. The predicted molar refractivity (Wildman–Crippen MR) is 131 cm³/mol. The molecule has 0 saturated heterocycles. The number of methoxy groups -OCH3 is 1. The monoisotopic (exact) mass is 454 g/mol. The maximum absolute atomic E-state index is 13.5. The van der Waals surface area contributed by atoms with Crippen LogP contribution in [-0.2, 0) is 22.6 Å². The van der Waals surface area contributed by atoms with E-state index in [0.29, 0.717) is 19.0 Å². The van der Waals surface area contributed by atoms with E-state index in [1.807, 2.05) is 83.4 Å². The number of benzene rings is 3. The number of ether oxygens (including phenoxy) is 1. The molecule has 1 aromatic heterocycles. The number of para-hydroxylation sites is 2. The van der Waals surface area contributed by atoms with Crippen LogP contribution in [-0.4, -0.2) is 35.0 Å². The summed E-state index contributed by atoms with van der Waals surface area (Å²) >= 11 is 0. The smallest absolute Gasteiger partial charge is 0.253 e. The van der Waals surface area contributed by atoms with Crippen molar-refractivity contribution < 1.29 is 14.3 Å². The van der Waals surface area contributed by atoms with Gasteiger partial charge in [-0.25, -0.2) is 4.98 Å². The highest BCUT2D eigenvalue weighted by Crippen LogP contribution is 2.37. The second-order valence-electron chi connectivity index (χ2n) is 8.35. The molecule has 7 nitrogen and oxygen atoms in total.